The monoisotopic (exact) mass is 445 g/mol. The Bertz CT molecular complexity index is 949. The number of benzene rings is 2. The maximum absolute atomic E-state index is 13.0. The van der Waals surface area contributed by atoms with Gasteiger partial charge in [0.2, 0.25) is 5.60 Å². The molecule has 2 aromatic carbocycles. The van der Waals surface area contributed by atoms with E-state index in [1.807, 2.05) is 50.2 Å². The minimum absolute atomic E-state index is 0.0752. The maximum atomic E-state index is 13.0. The number of hydrogen-bond donors (Lipinski definition) is 0. The molecule has 166 valence electrons. The van der Waals surface area contributed by atoms with Gasteiger partial charge in [0.15, 0.2) is 0 Å². The topological polar surface area (TPSA) is 65.1 Å². The Morgan fingerprint density at radius 3 is 2.26 bits per heavy atom. The number of nitrogens with zero attached hydrogens (tertiary/aromatic N) is 1. The number of halogens is 1. The van der Waals surface area contributed by atoms with Gasteiger partial charge in [0.1, 0.15) is 0 Å². The lowest BCUT2D eigenvalue weighted by molar-refractivity contribution is -0.205. The minimum Gasteiger partial charge on any atom is -0.466 e. The van der Waals surface area contributed by atoms with Crippen LogP contribution in [0, 0.1) is 13.8 Å². The molecule has 0 radical (unpaired) electrons. The van der Waals surface area contributed by atoms with Gasteiger partial charge >= 0.3 is 11.9 Å². The largest absolute Gasteiger partial charge is 0.466 e. The molecule has 7 heteroatoms. The third-order valence-corrected chi connectivity index (χ3v) is 6.22. The molecule has 0 saturated carbocycles. The Morgan fingerprint density at radius 1 is 1.03 bits per heavy atom. The van der Waals surface area contributed by atoms with E-state index in [-0.39, 0.29) is 6.42 Å². The molecule has 0 amide bonds. The van der Waals surface area contributed by atoms with Crippen molar-refractivity contribution in [2.45, 2.75) is 38.7 Å². The van der Waals surface area contributed by atoms with E-state index < -0.39 is 17.5 Å². The molecule has 1 aliphatic heterocycles. The molecular weight excluding hydrogens is 418 g/mol. The summed E-state index contributed by atoms with van der Waals surface area (Å²) in [5.74, 6) is -0.976. The maximum Gasteiger partial charge on any atom is 0.350 e. The average Bonchev–Trinajstić information content (AvgIpc) is 2.77. The van der Waals surface area contributed by atoms with E-state index in [9.17, 15) is 9.59 Å². The number of piperidine rings is 1. The van der Waals surface area contributed by atoms with Gasteiger partial charge < -0.3 is 14.3 Å². The van der Waals surface area contributed by atoms with Crippen LogP contribution in [0.3, 0.4) is 0 Å². The molecule has 1 heterocycles. The van der Waals surface area contributed by atoms with Crippen molar-refractivity contribution in [3.05, 3.63) is 58.1 Å². The standard InChI is InChI=1S/C24H28ClNO5/c1-16-5-10-20(18-6-8-19(25)9-7-18)17(2)21(16)15-22(27)31-24(23(28)29-3)11-13-26(30-4)14-12-24/h5-10H,11-15H2,1-4H3. The number of carbonyl (C=O) groups is 2. The van der Waals surface area contributed by atoms with Crippen LogP contribution in [0.5, 0.6) is 0 Å². The third-order valence-electron chi connectivity index (χ3n) is 5.96. The van der Waals surface area contributed by atoms with Crippen molar-refractivity contribution in [3.63, 3.8) is 0 Å². The van der Waals surface area contributed by atoms with Crippen molar-refractivity contribution in [3.8, 4) is 11.1 Å². The summed E-state index contributed by atoms with van der Waals surface area (Å²) in [5.41, 5.74) is 3.66. The first-order valence-electron chi connectivity index (χ1n) is 10.2. The Morgan fingerprint density at radius 2 is 1.68 bits per heavy atom. The number of hydroxylamine groups is 2. The Balaban J connectivity index is 1.83. The number of rotatable bonds is 6. The number of hydrogen-bond acceptors (Lipinski definition) is 6. The molecule has 0 unspecified atom stereocenters. The summed E-state index contributed by atoms with van der Waals surface area (Å²) in [6, 6.07) is 11.6. The van der Waals surface area contributed by atoms with Gasteiger partial charge in [0, 0.05) is 31.0 Å². The van der Waals surface area contributed by atoms with Gasteiger partial charge in [-0.25, -0.2) is 4.79 Å². The second kappa shape index (κ2) is 9.81. The van der Waals surface area contributed by atoms with Gasteiger partial charge in [-0.3, -0.25) is 4.79 Å². The summed E-state index contributed by atoms with van der Waals surface area (Å²) in [6.45, 7) is 4.91. The number of methoxy groups -OCH3 is 1. The Labute approximate surface area is 188 Å². The fourth-order valence-electron chi connectivity index (χ4n) is 4.07. The van der Waals surface area contributed by atoms with Gasteiger partial charge in [0.05, 0.1) is 20.6 Å². The van der Waals surface area contributed by atoms with E-state index >= 15 is 0 Å². The second-order valence-electron chi connectivity index (χ2n) is 7.79. The molecule has 1 aliphatic rings. The van der Waals surface area contributed by atoms with E-state index in [2.05, 4.69) is 0 Å². The van der Waals surface area contributed by atoms with E-state index in [4.69, 9.17) is 25.9 Å². The van der Waals surface area contributed by atoms with E-state index in [0.29, 0.717) is 31.0 Å². The van der Waals surface area contributed by atoms with Crippen LogP contribution in [0.1, 0.15) is 29.5 Å². The summed E-state index contributed by atoms with van der Waals surface area (Å²) >= 11 is 6.02. The molecule has 6 nitrogen and oxygen atoms in total. The lowest BCUT2D eigenvalue weighted by Gasteiger charge is -2.37. The zero-order valence-corrected chi connectivity index (χ0v) is 19.1. The lowest BCUT2D eigenvalue weighted by Crippen LogP contribution is -2.52. The SMILES string of the molecule is COC(=O)C1(OC(=O)Cc2c(C)ccc(-c3ccc(Cl)cc3)c2C)CCN(OC)CC1. The summed E-state index contributed by atoms with van der Waals surface area (Å²) in [4.78, 5) is 30.7. The van der Waals surface area contributed by atoms with Crippen LogP contribution < -0.4 is 0 Å². The van der Waals surface area contributed by atoms with E-state index in [0.717, 1.165) is 27.8 Å². The molecule has 2 aromatic rings. The Kier molecular flexibility index (Phi) is 7.36. The fourth-order valence-corrected chi connectivity index (χ4v) is 4.19. The first-order chi connectivity index (χ1) is 14.8. The van der Waals surface area contributed by atoms with Crippen molar-refractivity contribution < 1.29 is 23.9 Å². The quantitative estimate of drug-likeness (QED) is 0.618. The van der Waals surface area contributed by atoms with Gasteiger partial charge in [-0.1, -0.05) is 35.9 Å². The Hall–Kier alpha value is -2.41. The summed E-state index contributed by atoms with van der Waals surface area (Å²) < 4.78 is 10.7. The summed E-state index contributed by atoms with van der Waals surface area (Å²) in [6.07, 6.45) is 0.718. The number of carbonyl (C=O) groups excluding carboxylic acids is 2. The van der Waals surface area contributed by atoms with Crippen LogP contribution in [0.25, 0.3) is 11.1 Å². The third kappa shape index (κ3) is 5.09. The highest BCUT2D eigenvalue weighted by atomic mass is 35.5. The normalized spacial score (nSPS) is 16.0. The molecular formula is C24H28ClNO5. The molecule has 3 rings (SSSR count). The van der Waals surface area contributed by atoms with Crippen LogP contribution in [-0.2, 0) is 30.3 Å². The predicted molar refractivity (Wildman–Crippen MR) is 119 cm³/mol. The van der Waals surface area contributed by atoms with Gasteiger partial charge in [0.25, 0.3) is 0 Å². The zero-order chi connectivity index (χ0) is 22.6. The highest BCUT2D eigenvalue weighted by molar-refractivity contribution is 6.30. The average molecular weight is 446 g/mol. The number of esters is 2. The smallest absolute Gasteiger partial charge is 0.350 e. The highest BCUT2D eigenvalue weighted by Crippen LogP contribution is 2.31. The van der Waals surface area contributed by atoms with Crippen molar-refractivity contribution in [1.29, 1.82) is 0 Å². The minimum atomic E-state index is -1.28. The van der Waals surface area contributed by atoms with Crippen LogP contribution in [0.2, 0.25) is 5.02 Å². The molecule has 0 spiro atoms. The van der Waals surface area contributed by atoms with E-state index in [1.165, 1.54) is 7.11 Å². The van der Waals surface area contributed by atoms with Crippen LogP contribution >= 0.6 is 11.6 Å². The highest BCUT2D eigenvalue weighted by Gasteiger charge is 2.46. The molecule has 0 N–H and O–H groups in total. The molecule has 1 fully saturated rings. The van der Waals surface area contributed by atoms with Crippen molar-refractivity contribution >= 4 is 23.5 Å². The molecule has 0 aliphatic carbocycles. The second-order valence-corrected chi connectivity index (χ2v) is 8.23. The summed E-state index contributed by atoms with van der Waals surface area (Å²) in [7, 11) is 2.89. The van der Waals surface area contributed by atoms with Crippen LogP contribution in [0.15, 0.2) is 36.4 Å². The number of ether oxygens (including phenoxy) is 2. The molecule has 0 aromatic heterocycles. The van der Waals surface area contributed by atoms with Crippen LogP contribution in [-0.4, -0.2) is 49.9 Å². The van der Waals surface area contributed by atoms with E-state index in [1.54, 1.807) is 12.2 Å². The lowest BCUT2D eigenvalue weighted by atomic mass is 9.90. The van der Waals surface area contributed by atoms with Gasteiger partial charge in [-0.15, -0.1) is 0 Å². The molecule has 0 atom stereocenters. The summed E-state index contributed by atoms with van der Waals surface area (Å²) in [5, 5.41) is 2.41. The molecule has 31 heavy (non-hydrogen) atoms. The molecule has 1 saturated heterocycles. The van der Waals surface area contributed by atoms with Crippen molar-refractivity contribution in [1.82, 2.24) is 5.06 Å². The number of aryl methyl sites for hydroxylation is 1. The first-order valence-corrected chi connectivity index (χ1v) is 10.6. The fraction of sp³-hybridized carbons (Fsp3) is 0.417. The van der Waals surface area contributed by atoms with Crippen molar-refractivity contribution in [2.75, 3.05) is 27.3 Å². The zero-order valence-electron chi connectivity index (χ0n) is 18.4. The molecule has 0 bridgehead atoms. The van der Waals surface area contributed by atoms with Gasteiger partial charge in [-0.05, 0) is 53.8 Å². The first kappa shape index (κ1) is 23.3. The van der Waals surface area contributed by atoms with Gasteiger partial charge in [-0.2, -0.15) is 5.06 Å². The predicted octanol–water partition coefficient (Wildman–Crippen LogP) is 4.28. The van der Waals surface area contributed by atoms with Crippen molar-refractivity contribution in [2.24, 2.45) is 0 Å². The van der Waals surface area contributed by atoms with Crippen LogP contribution in [0.4, 0.5) is 0 Å².